The lowest BCUT2D eigenvalue weighted by molar-refractivity contribution is -0.122. The second-order valence-corrected chi connectivity index (χ2v) is 4.76. The Labute approximate surface area is 110 Å². The highest BCUT2D eigenvalue weighted by Gasteiger charge is 2.07. The lowest BCUT2D eigenvalue weighted by atomic mass is 10.2. The maximum absolute atomic E-state index is 11.5. The van der Waals surface area contributed by atoms with Crippen LogP contribution in [0.3, 0.4) is 0 Å². The van der Waals surface area contributed by atoms with Gasteiger partial charge in [0.05, 0.1) is 6.54 Å². The molecule has 0 aliphatic carbocycles. The largest absolute Gasteiger partial charge is 0.354 e. The second-order valence-electron chi connectivity index (χ2n) is 3.90. The van der Waals surface area contributed by atoms with Gasteiger partial charge in [-0.15, -0.1) is 0 Å². The van der Waals surface area contributed by atoms with Crippen molar-refractivity contribution in [3.63, 3.8) is 0 Å². The summed E-state index contributed by atoms with van der Waals surface area (Å²) >= 11 is 3.49. The molecule has 4 nitrogen and oxygen atoms in total. The van der Waals surface area contributed by atoms with Crippen LogP contribution in [0.25, 0.3) is 0 Å². The number of nitrogens with two attached hydrogens (primary N) is 1. The van der Waals surface area contributed by atoms with Crippen LogP contribution >= 0.6 is 15.9 Å². The number of rotatable bonds is 6. The molecule has 3 N–H and O–H groups in total. The molecule has 0 spiro atoms. The quantitative estimate of drug-likeness (QED) is 0.822. The van der Waals surface area contributed by atoms with E-state index in [4.69, 9.17) is 5.73 Å². The fourth-order valence-electron chi connectivity index (χ4n) is 1.49. The standard InChI is InChI=1S/C12H18BrN3O/c1-16(9-12(17)15-7-6-14)8-10-4-2-3-5-11(10)13/h2-5H,6-9,14H2,1H3,(H,15,17). The molecule has 1 amide bonds. The van der Waals surface area contributed by atoms with Crippen LogP contribution in [0.15, 0.2) is 28.7 Å². The average molecular weight is 300 g/mol. The number of benzene rings is 1. The second kappa shape index (κ2) is 7.42. The first kappa shape index (κ1) is 14.2. The van der Waals surface area contributed by atoms with Crippen molar-refractivity contribution in [1.82, 2.24) is 10.2 Å². The van der Waals surface area contributed by atoms with Gasteiger partial charge in [-0.2, -0.15) is 0 Å². The molecule has 94 valence electrons. The molecule has 0 unspecified atom stereocenters. The van der Waals surface area contributed by atoms with Gasteiger partial charge in [0.2, 0.25) is 5.91 Å². The number of hydrogen-bond acceptors (Lipinski definition) is 3. The van der Waals surface area contributed by atoms with E-state index in [-0.39, 0.29) is 5.91 Å². The summed E-state index contributed by atoms with van der Waals surface area (Å²) in [5.41, 5.74) is 6.48. The SMILES string of the molecule is CN(CC(=O)NCCN)Cc1ccccc1Br. The molecule has 0 fully saturated rings. The van der Waals surface area contributed by atoms with E-state index in [0.29, 0.717) is 19.6 Å². The highest BCUT2D eigenvalue weighted by atomic mass is 79.9. The van der Waals surface area contributed by atoms with E-state index >= 15 is 0 Å². The van der Waals surface area contributed by atoms with Gasteiger partial charge in [0.1, 0.15) is 0 Å². The molecule has 1 rings (SSSR count). The molecule has 1 aromatic carbocycles. The van der Waals surface area contributed by atoms with Crippen molar-refractivity contribution in [3.8, 4) is 0 Å². The monoisotopic (exact) mass is 299 g/mol. The van der Waals surface area contributed by atoms with Gasteiger partial charge in [-0.3, -0.25) is 9.69 Å². The maximum Gasteiger partial charge on any atom is 0.234 e. The molecule has 0 atom stereocenters. The number of amides is 1. The third-order valence-corrected chi connectivity index (χ3v) is 3.05. The zero-order valence-corrected chi connectivity index (χ0v) is 11.5. The number of hydrogen-bond donors (Lipinski definition) is 2. The third-order valence-electron chi connectivity index (χ3n) is 2.28. The first-order valence-corrected chi connectivity index (χ1v) is 6.31. The molecule has 0 bridgehead atoms. The van der Waals surface area contributed by atoms with Crippen molar-refractivity contribution < 1.29 is 4.79 Å². The minimum absolute atomic E-state index is 0.00463. The summed E-state index contributed by atoms with van der Waals surface area (Å²) in [5.74, 6) is 0.00463. The van der Waals surface area contributed by atoms with Gasteiger partial charge in [0.25, 0.3) is 0 Å². The molecule has 0 aliphatic heterocycles. The Hall–Kier alpha value is -0.910. The molecule has 5 heteroatoms. The van der Waals surface area contributed by atoms with Crippen LogP contribution in [0, 0.1) is 0 Å². The van der Waals surface area contributed by atoms with Gasteiger partial charge in [-0.1, -0.05) is 34.1 Å². The van der Waals surface area contributed by atoms with E-state index < -0.39 is 0 Å². The molecule has 1 aromatic rings. The fraction of sp³-hybridized carbons (Fsp3) is 0.417. The van der Waals surface area contributed by atoms with E-state index in [1.54, 1.807) is 0 Å². The fourth-order valence-corrected chi connectivity index (χ4v) is 1.90. The van der Waals surface area contributed by atoms with Crippen molar-refractivity contribution in [3.05, 3.63) is 34.3 Å². The molecule has 0 heterocycles. The Bertz CT molecular complexity index is 371. The van der Waals surface area contributed by atoms with Crippen LogP contribution < -0.4 is 11.1 Å². The highest BCUT2D eigenvalue weighted by Crippen LogP contribution is 2.16. The Balaban J connectivity index is 2.42. The molecular weight excluding hydrogens is 282 g/mol. The summed E-state index contributed by atoms with van der Waals surface area (Å²) in [4.78, 5) is 13.4. The van der Waals surface area contributed by atoms with Gasteiger partial charge in [0, 0.05) is 24.1 Å². The van der Waals surface area contributed by atoms with E-state index in [1.807, 2.05) is 36.2 Å². The predicted octanol–water partition coefficient (Wildman–Crippen LogP) is 0.956. The van der Waals surface area contributed by atoms with Crippen LogP contribution in [0.4, 0.5) is 0 Å². The van der Waals surface area contributed by atoms with E-state index in [9.17, 15) is 4.79 Å². The Morgan fingerprint density at radius 2 is 2.18 bits per heavy atom. The zero-order valence-electron chi connectivity index (χ0n) is 9.95. The van der Waals surface area contributed by atoms with Gasteiger partial charge in [0.15, 0.2) is 0 Å². The Morgan fingerprint density at radius 1 is 1.47 bits per heavy atom. The Morgan fingerprint density at radius 3 is 2.82 bits per heavy atom. The summed E-state index contributed by atoms with van der Waals surface area (Å²) in [6.45, 7) is 2.11. The van der Waals surface area contributed by atoms with Crippen molar-refractivity contribution in [1.29, 1.82) is 0 Å². The van der Waals surface area contributed by atoms with Crippen molar-refractivity contribution >= 4 is 21.8 Å². The first-order chi connectivity index (χ1) is 8.13. The van der Waals surface area contributed by atoms with E-state index in [0.717, 1.165) is 11.0 Å². The van der Waals surface area contributed by atoms with E-state index in [2.05, 4.69) is 21.2 Å². The summed E-state index contributed by atoms with van der Waals surface area (Å²) in [7, 11) is 1.92. The van der Waals surface area contributed by atoms with Gasteiger partial charge in [-0.05, 0) is 18.7 Å². The summed E-state index contributed by atoms with van der Waals surface area (Å²) in [5, 5.41) is 2.75. The highest BCUT2D eigenvalue weighted by molar-refractivity contribution is 9.10. The van der Waals surface area contributed by atoms with Crippen molar-refractivity contribution in [2.24, 2.45) is 5.73 Å². The molecule has 0 saturated carbocycles. The van der Waals surface area contributed by atoms with Gasteiger partial charge < -0.3 is 11.1 Å². The third kappa shape index (κ3) is 5.30. The molecule has 0 saturated heterocycles. The van der Waals surface area contributed by atoms with Crippen LogP contribution in [-0.2, 0) is 11.3 Å². The number of nitrogens with one attached hydrogen (secondary N) is 1. The topological polar surface area (TPSA) is 58.4 Å². The average Bonchev–Trinajstić information content (AvgIpc) is 2.29. The lowest BCUT2D eigenvalue weighted by Crippen LogP contribution is -2.37. The van der Waals surface area contributed by atoms with Crippen LogP contribution in [-0.4, -0.2) is 37.5 Å². The predicted molar refractivity (Wildman–Crippen MR) is 72.5 cm³/mol. The minimum Gasteiger partial charge on any atom is -0.354 e. The van der Waals surface area contributed by atoms with Gasteiger partial charge >= 0.3 is 0 Å². The van der Waals surface area contributed by atoms with E-state index in [1.165, 1.54) is 5.56 Å². The zero-order chi connectivity index (χ0) is 12.7. The number of carbonyl (C=O) groups excluding carboxylic acids is 1. The molecule has 17 heavy (non-hydrogen) atoms. The summed E-state index contributed by atoms with van der Waals surface area (Å²) in [6, 6.07) is 8.00. The normalized spacial score (nSPS) is 10.6. The summed E-state index contributed by atoms with van der Waals surface area (Å²) < 4.78 is 1.06. The number of carbonyl (C=O) groups is 1. The molecule has 0 aromatic heterocycles. The molecule has 0 radical (unpaired) electrons. The maximum atomic E-state index is 11.5. The van der Waals surface area contributed by atoms with Gasteiger partial charge in [-0.25, -0.2) is 0 Å². The van der Waals surface area contributed by atoms with Crippen molar-refractivity contribution in [2.75, 3.05) is 26.7 Å². The van der Waals surface area contributed by atoms with Crippen molar-refractivity contribution in [2.45, 2.75) is 6.54 Å². The van der Waals surface area contributed by atoms with Crippen LogP contribution in [0.2, 0.25) is 0 Å². The number of nitrogens with zero attached hydrogens (tertiary/aromatic N) is 1. The molecular formula is C12H18BrN3O. The first-order valence-electron chi connectivity index (χ1n) is 5.52. The van der Waals surface area contributed by atoms with Crippen LogP contribution in [0.5, 0.6) is 0 Å². The lowest BCUT2D eigenvalue weighted by Gasteiger charge is -2.17. The Kier molecular flexibility index (Phi) is 6.18. The number of halogens is 1. The van der Waals surface area contributed by atoms with Crippen LogP contribution in [0.1, 0.15) is 5.56 Å². The summed E-state index contributed by atoms with van der Waals surface area (Å²) in [6.07, 6.45) is 0. The molecule has 0 aliphatic rings. The smallest absolute Gasteiger partial charge is 0.234 e. The minimum atomic E-state index is 0.00463. The number of likely N-dealkylation sites (N-methyl/N-ethyl adjacent to an activating group) is 1.